The summed E-state index contributed by atoms with van der Waals surface area (Å²) in [5.74, 6) is -0.394. The van der Waals surface area contributed by atoms with E-state index < -0.39 is 17.7 Å². The summed E-state index contributed by atoms with van der Waals surface area (Å²) in [6.45, 7) is 1.67. The van der Waals surface area contributed by atoms with E-state index in [0.717, 1.165) is 12.4 Å². The number of rotatable bonds is 2. The average Bonchev–Trinajstić information content (AvgIpc) is 2.61. The van der Waals surface area contributed by atoms with Crippen LogP contribution in [0.4, 0.5) is 29.1 Å². The molecule has 1 aliphatic rings. The second-order valence-corrected chi connectivity index (χ2v) is 5.48. The van der Waals surface area contributed by atoms with Gasteiger partial charge in [0.25, 0.3) is 0 Å². The summed E-state index contributed by atoms with van der Waals surface area (Å²) in [5, 5.41) is 9.12. The molecule has 9 heteroatoms. The summed E-state index contributed by atoms with van der Waals surface area (Å²) in [6.07, 6.45) is -3.63. The van der Waals surface area contributed by atoms with Crippen molar-refractivity contribution in [1.29, 1.82) is 5.26 Å². The lowest BCUT2D eigenvalue weighted by Gasteiger charge is -2.37. The molecular weight excluding hydrogens is 338 g/mol. The lowest BCUT2D eigenvalue weighted by molar-refractivity contribution is -0.141. The molecule has 0 bridgehead atoms. The number of alkyl halides is 3. The van der Waals surface area contributed by atoms with Crippen LogP contribution in [0.25, 0.3) is 0 Å². The van der Waals surface area contributed by atoms with Crippen molar-refractivity contribution in [1.82, 2.24) is 9.97 Å². The number of halogens is 4. The van der Waals surface area contributed by atoms with E-state index in [1.165, 1.54) is 12.1 Å². The third kappa shape index (κ3) is 3.47. The Morgan fingerprint density at radius 1 is 1.04 bits per heavy atom. The minimum atomic E-state index is -4.53. The third-order valence-electron chi connectivity index (χ3n) is 3.99. The first-order valence-corrected chi connectivity index (χ1v) is 7.48. The molecule has 0 radical (unpaired) electrons. The first-order chi connectivity index (χ1) is 11.9. The molecule has 1 aliphatic heterocycles. The van der Waals surface area contributed by atoms with Crippen LogP contribution in [0, 0.1) is 17.1 Å². The number of piperazine rings is 1. The molecule has 2 aromatic rings. The van der Waals surface area contributed by atoms with E-state index in [0.29, 0.717) is 31.9 Å². The highest BCUT2D eigenvalue weighted by Gasteiger charge is 2.33. The van der Waals surface area contributed by atoms with E-state index in [1.807, 2.05) is 11.0 Å². The Hall–Kier alpha value is -2.89. The van der Waals surface area contributed by atoms with Crippen molar-refractivity contribution in [2.45, 2.75) is 6.18 Å². The molecule has 3 rings (SSSR count). The molecule has 0 N–H and O–H groups in total. The predicted molar refractivity (Wildman–Crippen MR) is 82.6 cm³/mol. The maximum absolute atomic E-state index is 13.7. The molecule has 1 aromatic heterocycles. The van der Waals surface area contributed by atoms with Gasteiger partial charge in [-0.15, -0.1) is 0 Å². The SMILES string of the molecule is N#Cc1c(F)cccc1N1CCN(c2cc(C(F)(F)F)ncn2)CC1. The van der Waals surface area contributed by atoms with Crippen LogP contribution in [-0.2, 0) is 6.18 Å². The molecule has 0 aliphatic carbocycles. The standard InChI is InChI=1S/C16H13F4N5/c17-12-2-1-3-13(11(12)9-21)24-4-6-25(7-5-24)15-8-14(16(18,19)20)22-10-23-15/h1-3,8,10H,4-7H2. The summed E-state index contributed by atoms with van der Waals surface area (Å²) < 4.78 is 52.0. The molecule has 0 saturated carbocycles. The Balaban J connectivity index is 1.75. The topological polar surface area (TPSA) is 56.1 Å². The van der Waals surface area contributed by atoms with Crippen molar-refractivity contribution in [2.75, 3.05) is 36.0 Å². The normalized spacial score (nSPS) is 15.2. The number of aromatic nitrogens is 2. The molecule has 2 heterocycles. The molecule has 25 heavy (non-hydrogen) atoms. The van der Waals surface area contributed by atoms with Gasteiger partial charge >= 0.3 is 6.18 Å². The molecule has 1 saturated heterocycles. The van der Waals surface area contributed by atoms with Crippen LogP contribution in [0.3, 0.4) is 0 Å². The number of nitriles is 1. The van der Waals surface area contributed by atoms with E-state index in [9.17, 15) is 17.6 Å². The number of hydrogen-bond acceptors (Lipinski definition) is 5. The zero-order valence-electron chi connectivity index (χ0n) is 13.0. The Kier molecular flexibility index (Phi) is 4.44. The summed E-state index contributed by atoms with van der Waals surface area (Å²) in [4.78, 5) is 10.7. The second-order valence-electron chi connectivity index (χ2n) is 5.48. The summed E-state index contributed by atoms with van der Waals surface area (Å²) >= 11 is 0. The number of anilines is 2. The highest BCUT2D eigenvalue weighted by atomic mass is 19.4. The first kappa shape index (κ1) is 17.0. The fourth-order valence-corrected chi connectivity index (χ4v) is 2.74. The zero-order chi connectivity index (χ0) is 18.0. The molecule has 1 fully saturated rings. The molecule has 0 spiro atoms. The number of hydrogen-bond donors (Lipinski definition) is 0. The monoisotopic (exact) mass is 351 g/mol. The summed E-state index contributed by atoms with van der Waals surface area (Å²) in [5.41, 5.74) is -0.532. The molecular formula is C16H13F4N5. The van der Waals surface area contributed by atoms with Crippen LogP contribution in [0.5, 0.6) is 0 Å². The van der Waals surface area contributed by atoms with Crippen molar-refractivity contribution in [3.63, 3.8) is 0 Å². The van der Waals surface area contributed by atoms with Gasteiger partial charge in [0, 0.05) is 32.2 Å². The van der Waals surface area contributed by atoms with Gasteiger partial charge in [0.05, 0.1) is 5.69 Å². The van der Waals surface area contributed by atoms with E-state index in [2.05, 4.69) is 9.97 Å². The Bertz CT molecular complexity index is 807. The second kappa shape index (κ2) is 6.55. The highest BCUT2D eigenvalue weighted by Crippen LogP contribution is 2.30. The van der Waals surface area contributed by atoms with E-state index in [-0.39, 0.29) is 11.4 Å². The molecule has 0 amide bonds. The fourth-order valence-electron chi connectivity index (χ4n) is 2.74. The molecule has 0 unspecified atom stereocenters. The smallest absolute Gasteiger partial charge is 0.367 e. The van der Waals surface area contributed by atoms with Gasteiger partial charge in [0.2, 0.25) is 0 Å². The van der Waals surface area contributed by atoms with Crippen molar-refractivity contribution >= 4 is 11.5 Å². The predicted octanol–water partition coefficient (Wildman–Crippen LogP) is 2.83. The van der Waals surface area contributed by atoms with Crippen molar-refractivity contribution in [3.8, 4) is 6.07 Å². The van der Waals surface area contributed by atoms with Crippen molar-refractivity contribution in [2.24, 2.45) is 0 Å². The zero-order valence-corrected chi connectivity index (χ0v) is 13.0. The van der Waals surface area contributed by atoms with Gasteiger partial charge < -0.3 is 9.80 Å². The largest absolute Gasteiger partial charge is 0.433 e. The van der Waals surface area contributed by atoms with Crippen LogP contribution in [-0.4, -0.2) is 36.1 Å². The van der Waals surface area contributed by atoms with Gasteiger partial charge in [-0.25, -0.2) is 14.4 Å². The van der Waals surface area contributed by atoms with Gasteiger partial charge in [-0.2, -0.15) is 18.4 Å². The Morgan fingerprint density at radius 3 is 2.36 bits per heavy atom. The summed E-state index contributed by atoms with van der Waals surface area (Å²) in [6, 6.07) is 7.17. The van der Waals surface area contributed by atoms with Crippen LogP contribution in [0.1, 0.15) is 11.3 Å². The van der Waals surface area contributed by atoms with Crippen LogP contribution >= 0.6 is 0 Å². The van der Waals surface area contributed by atoms with Gasteiger partial charge in [-0.3, -0.25) is 0 Å². The van der Waals surface area contributed by atoms with Gasteiger partial charge in [-0.05, 0) is 12.1 Å². The van der Waals surface area contributed by atoms with Crippen LogP contribution in [0.15, 0.2) is 30.6 Å². The quantitative estimate of drug-likeness (QED) is 0.779. The maximum atomic E-state index is 13.7. The molecule has 0 atom stereocenters. The molecule has 130 valence electrons. The van der Waals surface area contributed by atoms with E-state index in [1.54, 1.807) is 11.0 Å². The fraction of sp³-hybridized carbons (Fsp3) is 0.312. The van der Waals surface area contributed by atoms with Gasteiger partial charge in [-0.1, -0.05) is 6.07 Å². The third-order valence-corrected chi connectivity index (χ3v) is 3.99. The van der Waals surface area contributed by atoms with Crippen molar-refractivity contribution in [3.05, 3.63) is 47.7 Å². The first-order valence-electron chi connectivity index (χ1n) is 7.48. The van der Waals surface area contributed by atoms with Gasteiger partial charge in [0.1, 0.15) is 35.3 Å². The molecule has 5 nitrogen and oxygen atoms in total. The average molecular weight is 351 g/mol. The minimum absolute atomic E-state index is 0.0302. The Morgan fingerprint density at radius 2 is 1.72 bits per heavy atom. The Labute approximate surface area is 141 Å². The lowest BCUT2D eigenvalue weighted by atomic mass is 10.1. The van der Waals surface area contributed by atoms with Crippen molar-refractivity contribution < 1.29 is 17.6 Å². The van der Waals surface area contributed by atoms with Crippen LogP contribution in [0.2, 0.25) is 0 Å². The maximum Gasteiger partial charge on any atom is 0.433 e. The lowest BCUT2D eigenvalue weighted by Crippen LogP contribution is -2.47. The van der Waals surface area contributed by atoms with Crippen LogP contribution < -0.4 is 9.80 Å². The molecule has 1 aromatic carbocycles. The van der Waals surface area contributed by atoms with Gasteiger partial charge in [0.15, 0.2) is 0 Å². The summed E-state index contributed by atoms with van der Waals surface area (Å²) in [7, 11) is 0. The highest BCUT2D eigenvalue weighted by molar-refractivity contribution is 5.60. The minimum Gasteiger partial charge on any atom is -0.367 e. The number of nitrogens with zero attached hydrogens (tertiary/aromatic N) is 5. The van der Waals surface area contributed by atoms with E-state index >= 15 is 0 Å². The van der Waals surface area contributed by atoms with E-state index in [4.69, 9.17) is 5.26 Å². The number of benzene rings is 1.